The zero-order valence-electron chi connectivity index (χ0n) is 10.6. The minimum absolute atomic E-state index is 0.0451. The first kappa shape index (κ1) is 13.0. The number of thiophene rings is 1. The van der Waals surface area contributed by atoms with Crippen molar-refractivity contribution in [2.75, 3.05) is 19.8 Å². The summed E-state index contributed by atoms with van der Waals surface area (Å²) in [6, 6.07) is 2.13. The molecule has 1 atom stereocenters. The highest BCUT2D eigenvalue weighted by atomic mass is 32.1. The minimum Gasteiger partial charge on any atom is -0.381 e. The van der Waals surface area contributed by atoms with Crippen LogP contribution in [0, 0.1) is 6.92 Å². The van der Waals surface area contributed by atoms with Gasteiger partial charge in [0, 0.05) is 37.5 Å². The number of hydrogen-bond donors (Lipinski definition) is 1. The van der Waals surface area contributed by atoms with Crippen LogP contribution in [0.25, 0.3) is 0 Å². The van der Waals surface area contributed by atoms with E-state index < -0.39 is 0 Å². The molecule has 0 spiro atoms. The summed E-state index contributed by atoms with van der Waals surface area (Å²) in [6.45, 7) is 6.34. The first-order chi connectivity index (χ1) is 8.18. The first-order valence-corrected chi connectivity index (χ1v) is 7.08. The van der Waals surface area contributed by atoms with Crippen molar-refractivity contribution in [1.82, 2.24) is 0 Å². The fourth-order valence-corrected chi connectivity index (χ4v) is 3.22. The lowest BCUT2D eigenvalue weighted by molar-refractivity contribution is -0.121. The summed E-state index contributed by atoms with van der Waals surface area (Å²) in [7, 11) is 0. The van der Waals surface area contributed by atoms with Crippen molar-refractivity contribution in [3.63, 3.8) is 0 Å². The third kappa shape index (κ3) is 2.71. The van der Waals surface area contributed by atoms with Gasteiger partial charge in [0.2, 0.25) is 0 Å². The Balaban J connectivity index is 2.20. The van der Waals surface area contributed by atoms with Crippen LogP contribution in [-0.4, -0.2) is 25.4 Å². The van der Waals surface area contributed by atoms with Crippen LogP contribution in [-0.2, 0) is 9.47 Å². The van der Waals surface area contributed by atoms with Gasteiger partial charge in [-0.2, -0.15) is 0 Å². The monoisotopic (exact) mass is 255 g/mol. The number of hydrogen-bond acceptors (Lipinski definition) is 4. The van der Waals surface area contributed by atoms with Gasteiger partial charge in [0.25, 0.3) is 0 Å². The summed E-state index contributed by atoms with van der Waals surface area (Å²) < 4.78 is 11.4. The molecule has 17 heavy (non-hydrogen) atoms. The van der Waals surface area contributed by atoms with Crippen molar-refractivity contribution < 1.29 is 9.47 Å². The highest BCUT2D eigenvalue weighted by Crippen LogP contribution is 2.37. The van der Waals surface area contributed by atoms with E-state index >= 15 is 0 Å². The average Bonchev–Trinajstić information content (AvgIpc) is 2.76. The predicted octanol–water partition coefficient (Wildman–Crippen LogP) is 2.64. The van der Waals surface area contributed by atoms with Crippen LogP contribution in [0.1, 0.15) is 36.2 Å². The topological polar surface area (TPSA) is 44.5 Å². The first-order valence-electron chi connectivity index (χ1n) is 6.20. The standard InChI is InChI=1S/C13H21NO2S/c1-3-16-13(4-6-15-7-5-13)12(14)11-8-10(2)17-9-11/h8-9,12H,3-7,14H2,1-2H3. The lowest BCUT2D eigenvalue weighted by atomic mass is 9.83. The molecule has 1 unspecified atom stereocenters. The molecular weight excluding hydrogens is 234 g/mol. The van der Waals surface area contributed by atoms with Gasteiger partial charge in [-0.25, -0.2) is 0 Å². The van der Waals surface area contributed by atoms with Gasteiger partial charge in [-0.1, -0.05) is 0 Å². The SMILES string of the molecule is CCOC1(C(N)c2csc(C)c2)CCOCC1. The molecule has 1 aromatic heterocycles. The number of rotatable bonds is 4. The molecule has 2 N–H and O–H groups in total. The van der Waals surface area contributed by atoms with Gasteiger partial charge in [0.05, 0.1) is 11.6 Å². The van der Waals surface area contributed by atoms with E-state index in [9.17, 15) is 0 Å². The Morgan fingerprint density at radius 3 is 2.76 bits per heavy atom. The van der Waals surface area contributed by atoms with E-state index in [4.69, 9.17) is 15.2 Å². The van der Waals surface area contributed by atoms with E-state index in [2.05, 4.69) is 18.4 Å². The van der Waals surface area contributed by atoms with Gasteiger partial charge in [0.1, 0.15) is 0 Å². The number of aryl methyl sites for hydroxylation is 1. The van der Waals surface area contributed by atoms with E-state index in [0.717, 1.165) is 26.1 Å². The van der Waals surface area contributed by atoms with E-state index in [-0.39, 0.29) is 11.6 Å². The molecule has 1 aliphatic heterocycles. The molecule has 1 aliphatic rings. The van der Waals surface area contributed by atoms with Crippen molar-refractivity contribution in [3.8, 4) is 0 Å². The maximum atomic E-state index is 6.43. The molecule has 0 aliphatic carbocycles. The van der Waals surface area contributed by atoms with Crippen LogP contribution in [0.15, 0.2) is 11.4 Å². The molecule has 0 amide bonds. The molecule has 2 heterocycles. The molecule has 1 fully saturated rings. The quantitative estimate of drug-likeness (QED) is 0.899. The maximum absolute atomic E-state index is 6.43. The fraction of sp³-hybridized carbons (Fsp3) is 0.692. The summed E-state index contributed by atoms with van der Waals surface area (Å²) >= 11 is 1.75. The second-order valence-electron chi connectivity index (χ2n) is 4.58. The number of nitrogens with two attached hydrogens (primary N) is 1. The summed E-state index contributed by atoms with van der Waals surface area (Å²) in [4.78, 5) is 1.30. The third-order valence-electron chi connectivity index (χ3n) is 3.45. The summed E-state index contributed by atoms with van der Waals surface area (Å²) in [5, 5.41) is 2.15. The number of ether oxygens (including phenoxy) is 2. The molecule has 0 bridgehead atoms. The molecular formula is C13H21NO2S. The van der Waals surface area contributed by atoms with Gasteiger partial charge < -0.3 is 15.2 Å². The van der Waals surface area contributed by atoms with Gasteiger partial charge >= 0.3 is 0 Å². The normalized spacial score (nSPS) is 21.4. The van der Waals surface area contributed by atoms with Gasteiger partial charge in [-0.05, 0) is 30.9 Å². The van der Waals surface area contributed by atoms with Crippen LogP contribution in [0.5, 0.6) is 0 Å². The Hall–Kier alpha value is -0.420. The van der Waals surface area contributed by atoms with Crippen LogP contribution in [0.4, 0.5) is 0 Å². The summed E-state index contributed by atoms with van der Waals surface area (Å²) in [5.74, 6) is 0. The maximum Gasteiger partial charge on any atom is 0.0918 e. The second kappa shape index (κ2) is 5.48. The molecule has 2 rings (SSSR count). The molecule has 0 saturated carbocycles. The van der Waals surface area contributed by atoms with Crippen molar-refractivity contribution in [3.05, 3.63) is 21.9 Å². The van der Waals surface area contributed by atoms with Gasteiger partial charge in [-0.15, -0.1) is 11.3 Å². The molecule has 1 saturated heterocycles. The Labute approximate surface area is 107 Å². The Morgan fingerprint density at radius 2 is 2.24 bits per heavy atom. The van der Waals surface area contributed by atoms with Crippen LogP contribution in [0.3, 0.4) is 0 Å². The summed E-state index contributed by atoms with van der Waals surface area (Å²) in [6.07, 6.45) is 1.77. The van der Waals surface area contributed by atoms with E-state index in [1.54, 1.807) is 11.3 Å². The van der Waals surface area contributed by atoms with E-state index in [1.165, 1.54) is 10.4 Å². The Morgan fingerprint density at radius 1 is 1.53 bits per heavy atom. The van der Waals surface area contributed by atoms with Crippen LogP contribution < -0.4 is 5.73 Å². The van der Waals surface area contributed by atoms with Gasteiger partial charge in [-0.3, -0.25) is 0 Å². The zero-order chi connectivity index (χ0) is 12.3. The van der Waals surface area contributed by atoms with Crippen LogP contribution in [0.2, 0.25) is 0 Å². The minimum atomic E-state index is -0.236. The largest absolute Gasteiger partial charge is 0.381 e. The summed E-state index contributed by atoms with van der Waals surface area (Å²) in [5.41, 5.74) is 7.39. The fourth-order valence-electron chi connectivity index (χ4n) is 2.48. The lowest BCUT2D eigenvalue weighted by Gasteiger charge is -2.41. The highest BCUT2D eigenvalue weighted by Gasteiger charge is 2.40. The van der Waals surface area contributed by atoms with E-state index in [1.807, 2.05) is 6.92 Å². The second-order valence-corrected chi connectivity index (χ2v) is 5.69. The molecule has 4 heteroatoms. The third-order valence-corrected chi connectivity index (χ3v) is 4.33. The highest BCUT2D eigenvalue weighted by molar-refractivity contribution is 7.10. The molecule has 1 aromatic rings. The van der Waals surface area contributed by atoms with Crippen molar-refractivity contribution >= 4 is 11.3 Å². The van der Waals surface area contributed by atoms with Crippen molar-refractivity contribution in [2.45, 2.75) is 38.3 Å². The molecule has 3 nitrogen and oxygen atoms in total. The lowest BCUT2D eigenvalue weighted by Crippen LogP contribution is -2.48. The zero-order valence-corrected chi connectivity index (χ0v) is 11.4. The van der Waals surface area contributed by atoms with Crippen molar-refractivity contribution in [1.29, 1.82) is 0 Å². The predicted molar refractivity (Wildman–Crippen MR) is 70.4 cm³/mol. The molecule has 0 aromatic carbocycles. The van der Waals surface area contributed by atoms with Crippen LogP contribution >= 0.6 is 11.3 Å². The average molecular weight is 255 g/mol. The smallest absolute Gasteiger partial charge is 0.0918 e. The van der Waals surface area contributed by atoms with Gasteiger partial charge in [0.15, 0.2) is 0 Å². The van der Waals surface area contributed by atoms with E-state index in [0.29, 0.717) is 6.61 Å². The molecule has 96 valence electrons. The molecule has 0 radical (unpaired) electrons. The Bertz CT molecular complexity index is 353. The Kier molecular flexibility index (Phi) is 4.20. The van der Waals surface area contributed by atoms with Crippen molar-refractivity contribution in [2.24, 2.45) is 5.73 Å².